The quantitative estimate of drug-likeness (QED) is 0.676. The molecular formula is C18H28O. The van der Waals surface area contributed by atoms with Crippen molar-refractivity contribution >= 4 is 0 Å². The monoisotopic (exact) mass is 260 g/mol. The van der Waals surface area contributed by atoms with Crippen molar-refractivity contribution in [1.82, 2.24) is 0 Å². The summed E-state index contributed by atoms with van der Waals surface area (Å²) in [5.74, 6) is 0. The largest absolute Gasteiger partial charge is 0.368 e. The Balaban J connectivity index is 2.41. The second-order valence-electron chi connectivity index (χ2n) is 7.73. The number of hydrogen-bond acceptors (Lipinski definition) is 1. The molecule has 1 aliphatic rings. The van der Waals surface area contributed by atoms with E-state index in [1.807, 2.05) is 0 Å². The fraction of sp³-hybridized carbons (Fsp3) is 0.667. The summed E-state index contributed by atoms with van der Waals surface area (Å²) in [7, 11) is 0. The third-order valence-electron chi connectivity index (χ3n) is 3.76. The lowest BCUT2D eigenvalue weighted by atomic mass is 9.77. The summed E-state index contributed by atoms with van der Waals surface area (Å²) in [5.41, 5.74) is 4.60. The fourth-order valence-corrected chi connectivity index (χ4v) is 3.06. The molecule has 0 bridgehead atoms. The molecule has 1 atom stereocenters. The molecule has 0 radical (unpaired) electrons. The van der Waals surface area contributed by atoms with E-state index in [4.69, 9.17) is 4.74 Å². The summed E-state index contributed by atoms with van der Waals surface area (Å²) in [6.45, 7) is 13.4. The summed E-state index contributed by atoms with van der Waals surface area (Å²) >= 11 is 0. The minimum atomic E-state index is -0.0724. The zero-order chi connectivity index (χ0) is 14.3. The maximum atomic E-state index is 6.27. The molecule has 2 rings (SSSR count). The Morgan fingerprint density at radius 2 is 1.74 bits per heavy atom. The second kappa shape index (κ2) is 4.94. The minimum Gasteiger partial charge on any atom is -0.368 e. The Morgan fingerprint density at radius 3 is 2.32 bits per heavy atom. The first-order valence-electron chi connectivity index (χ1n) is 7.48. The molecule has 0 N–H and O–H groups in total. The topological polar surface area (TPSA) is 9.23 Å². The van der Waals surface area contributed by atoms with Crippen molar-refractivity contribution in [2.45, 2.75) is 77.9 Å². The van der Waals surface area contributed by atoms with Crippen LogP contribution < -0.4 is 0 Å². The third-order valence-corrected chi connectivity index (χ3v) is 3.76. The molecule has 1 unspecified atom stereocenters. The fourth-order valence-electron chi connectivity index (χ4n) is 3.06. The summed E-state index contributed by atoms with van der Waals surface area (Å²) in [5, 5.41) is 0. The van der Waals surface area contributed by atoms with Crippen molar-refractivity contribution in [1.29, 1.82) is 0 Å². The van der Waals surface area contributed by atoms with Crippen LogP contribution in [0.5, 0.6) is 0 Å². The summed E-state index contributed by atoms with van der Waals surface area (Å²) < 4.78 is 6.27. The van der Waals surface area contributed by atoms with Gasteiger partial charge in [-0.05, 0) is 62.1 Å². The molecule has 1 heteroatoms. The van der Waals surface area contributed by atoms with E-state index in [-0.39, 0.29) is 17.1 Å². The van der Waals surface area contributed by atoms with E-state index in [1.165, 1.54) is 29.5 Å². The summed E-state index contributed by atoms with van der Waals surface area (Å²) in [6, 6.07) is 6.75. The first-order chi connectivity index (χ1) is 8.68. The average Bonchev–Trinajstić information content (AvgIpc) is 2.25. The van der Waals surface area contributed by atoms with Gasteiger partial charge in [-0.1, -0.05) is 39.0 Å². The maximum Gasteiger partial charge on any atom is 0.0834 e. The molecule has 1 aromatic carbocycles. The van der Waals surface area contributed by atoms with Crippen LogP contribution in [-0.4, -0.2) is 5.60 Å². The predicted molar refractivity (Wildman–Crippen MR) is 81.7 cm³/mol. The van der Waals surface area contributed by atoms with E-state index in [2.05, 4.69) is 59.7 Å². The first kappa shape index (κ1) is 14.6. The first-order valence-corrected chi connectivity index (χ1v) is 7.48. The Morgan fingerprint density at radius 1 is 1.05 bits per heavy atom. The van der Waals surface area contributed by atoms with E-state index < -0.39 is 0 Å². The van der Waals surface area contributed by atoms with Gasteiger partial charge in [0.1, 0.15) is 0 Å². The van der Waals surface area contributed by atoms with Crippen LogP contribution >= 0.6 is 0 Å². The van der Waals surface area contributed by atoms with Crippen LogP contribution in [0, 0.1) is 0 Å². The SMILES string of the molecule is CC(C)(C)OC1CCCc2c1cccc2C(C)(C)C. The highest BCUT2D eigenvalue weighted by molar-refractivity contribution is 5.42. The Kier molecular flexibility index (Phi) is 3.79. The molecule has 0 spiro atoms. The van der Waals surface area contributed by atoms with Gasteiger partial charge in [0, 0.05) is 0 Å². The number of fused-ring (bicyclic) bond motifs is 1. The van der Waals surface area contributed by atoms with Crippen LogP contribution in [0.1, 0.15) is 77.2 Å². The van der Waals surface area contributed by atoms with E-state index in [0.29, 0.717) is 0 Å². The second-order valence-corrected chi connectivity index (χ2v) is 7.73. The van der Waals surface area contributed by atoms with Gasteiger partial charge in [-0.25, -0.2) is 0 Å². The molecule has 0 saturated carbocycles. The van der Waals surface area contributed by atoms with Gasteiger partial charge in [-0.3, -0.25) is 0 Å². The van der Waals surface area contributed by atoms with E-state index >= 15 is 0 Å². The van der Waals surface area contributed by atoms with Gasteiger partial charge in [0.2, 0.25) is 0 Å². The highest BCUT2D eigenvalue weighted by atomic mass is 16.5. The van der Waals surface area contributed by atoms with Crippen LogP contribution in [-0.2, 0) is 16.6 Å². The molecule has 0 fully saturated rings. The van der Waals surface area contributed by atoms with Gasteiger partial charge in [0.15, 0.2) is 0 Å². The average molecular weight is 260 g/mol. The number of benzene rings is 1. The molecule has 106 valence electrons. The Labute approximate surface area is 118 Å². The van der Waals surface area contributed by atoms with E-state index in [9.17, 15) is 0 Å². The van der Waals surface area contributed by atoms with Crippen LogP contribution in [0.4, 0.5) is 0 Å². The molecule has 0 heterocycles. The highest BCUT2D eigenvalue weighted by Gasteiger charge is 2.29. The maximum absolute atomic E-state index is 6.27. The lowest BCUT2D eigenvalue weighted by Gasteiger charge is -2.35. The zero-order valence-electron chi connectivity index (χ0n) is 13.3. The standard InChI is InChI=1S/C18H28O/c1-17(2,3)15-11-7-10-14-13(15)9-8-12-16(14)19-18(4,5)6/h7,10-11,16H,8-9,12H2,1-6H3. The molecule has 1 aromatic rings. The number of ether oxygens (including phenoxy) is 1. The van der Waals surface area contributed by atoms with Gasteiger partial charge >= 0.3 is 0 Å². The van der Waals surface area contributed by atoms with E-state index in [0.717, 1.165) is 6.42 Å². The van der Waals surface area contributed by atoms with Gasteiger partial charge in [-0.15, -0.1) is 0 Å². The van der Waals surface area contributed by atoms with Gasteiger partial charge < -0.3 is 4.74 Å². The van der Waals surface area contributed by atoms with Crippen LogP contribution in [0.2, 0.25) is 0 Å². The Bertz CT molecular complexity index is 446. The minimum absolute atomic E-state index is 0.0724. The van der Waals surface area contributed by atoms with Gasteiger partial charge in [0.05, 0.1) is 11.7 Å². The third kappa shape index (κ3) is 3.39. The lowest BCUT2D eigenvalue weighted by Crippen LogP contribution is -2.26. The predicted octanol–water partition coefficient (Wildman–Crippen LogP) is 5.18. The van der Waals surface area contributed by atoms with E-state index in [1.54, 1.807) is 0 Å². The highest BCUT2D eigenvalue weighted by Crippen LogP contribution is 2.39. The molecular weight excluding hydrogens is 232 g/mol. The van der Waals surface area contributed by atoms with Crippen molar-refractivity contribution in [3.63, 3.8) is 0 Å². The molecule has 0 aromatic heterocycles. The molecule has 1 aliphatic carbocycles. The molecule has 0 amide bonds. The van der Waals surface area contributed by atoms with Crippen LogP contribution in [0.25, 0.3) is 0 Å². The van der Waals surface area contributed by atoms with Gasteiger partial charge in [0.25, 0.3) is 0 Å². The van der Waals surface area contributed by atoms with Crippen LogP contribution in [0.15, 0.2) is 18.2 Å². The lowest BCUT2D eigenvalue weighted by molar-refractivity contribution is -0.0684. The summed E-state index contributed by atoms with van der Waals surface area (Å²) in [6.07, 6.45) is 3.86. The van der Waals surface area contributed by atoms with Crippen molar-refractivity contribution in [2.75, 3.05) is 0 Å². The van der Waals surface area contributed by atoms with Crippen molar-refractivity contribution < 1.29 is 4.74 Å². The summed E-state index contributed by atoms with van der Waals surface area (Å²) in [4.78, 5) is 0. The smallest absolute Gasteiger partial charge is 0.0834 e. The number of rotatable bonds is 1. The molecule has 0 saturated heterocycles. The number of hydrogen-bond donors (Lipinski definition) is 0. The van der Waals surface area contributed by atoms with Gasteiger partial charge in [-0.2, -0.15) is 0 Å². The van der Waals surface area contributed by atoms with Crippen molar-refractivity contribution in [2.24, 2.45) is 0 Å². The molecule has 19 heavy (non-hydrogen) atoms. The molecule has 0 aliphatic heterocycles. The Hall–Kier alpha value is -0.820. The van der Waals surface area contributed by atoms with Crippen molar-refractivity contribution in [3.8, 4) is 0 Å². The van der Waals surface area contributed by atoms with Crippen molar-refractivity contribution in [3.05, 3.63) is 34.9 Å². The zero-order valence-corrected chi connectivity index (χ0v) is 13.3. The molecule has 1 nitrogen and oxygen atoms in total. The van der Waals surface area contributed by atoms with Crippen LogP contribution in [0.3, 0.4) is 0 Å². The normalized spacial score (nSPS) is 20.2.